The fourth-order valence-electron chi connectivity index (χ4n) is 9.86. The highest BCUT2D eigenvalue weighted by Gasteiger charge is 2.45. The first-order chi connectivity index (χ1) is 37.4. The van der Waals surface area contributed by atoms with Crippen LogP contribution in [0.1, 0.15) is 88.5 Å². The molecule has 2 heterocycles. The lowest BCUT2D eigenvalue weighted by atomic mass is 9.80. The molecule has 1 unspecified atom stereocenters. The van der Waals surface area contributed by atoms with Gasteiger partial charge in [0.2, 0.25) is 17.5 Å². The van der Waals surface area contributed by atoms with E-state index in [0.717, 1.165) is 57.0 Å². The summed E-state index contributed by atoms with van der Waals surface area (Å²) in [6, 6.07) is 11.8. The average Bonchev–Trinajstić information content (AvgIpc) is 4.03. The van der Waals surface area contributed by atoms with Crippen molar-refractivity contribution in [3.63, 3.8) is 0 Å². The molecule has 0 spiro atoms. The lowest BCUT2D eigenvalue weighted by Gasteiger charge is -2.27. The van der Waals surface area contributed by atoms with Crippen molar-refractivity contribution in [1.82, 2.24) is 16.0 Å². The molecule has 0 fully saturated rings. The third kappa shape index (κ3) is 16.0. The van der Waals surface area contributed by atoms with E-state index in [4.69, 9.17) is 33.4 Å². The second-order valence-electron chi connectivity index (χ2n) is 20.2. The molecule has 79 heavy (non-hydrogen) atoms. The summed E-state index contributed by atoms with van der Waals surface area (Å²) in [5.41, 5.74) is 6.85. The monoisotopic (exact) mass is 1160 g/mol. The van der Waals surface area contributed by atoms with Gasteiger partial charge < -0.3 is 34.9 Å². The number of anilines is 1. The number of carbonyl (C=O) groups excluding carboxylic acids is 2. The van der Waals surface area contributed by atoms with Crippen LogP contribution in [0.2, 0.25) is 0 Å². The number of nitrogens with zero attached hydrogens (tertiary/aromatic N) is 2. The normalized spacial score (nSPS) is 17.5. The Balaban J connectivity index is 1.17. The largest absolute Gasteiger partial charge is 0.457 e. The maximum absolute atomic E-state index is 12.5. The summed E-state index contributed by atoms with van der Waals surface area (Å²) >= 11 is 0.898. The summed E-state index contributed by atoms with van der Waals surface area (Å²) in [5, 5.41) is 22.5. The molecule has 2 aliphatic heterocycles. The van der Waals surface area contributed by atoms with Crippen molar-refractivity contribution in [2.45, 2.75) is 112 Å². The molecule has 6 N–H and O–H groups in total. The Bertz CT molecular complexity index is 3080. The predicted molar refractivity (Wildman–Crippen MR) is 297 cm³/mol. The van der Waals surface area contributed by atoms with Crippen LogP contribution in [0.25, 0.3) is 0 Å². The summed E-state index contributed by atoms with van der Waals surface area (Å²) in [7, 11) is -3.83. The van der Waals surface area contributed by atoms with Crippen LogP contribution >= 0.6 is 12.0 Å². The molecule has 0 aromatic heterocycles. The molecular weight excluding hydrogens is 1080 g/mol. The van der Waals surface area contributed by atoms with E-state index in [0.29, 0.717) is 92.6 Å². The van der Waals surface area contributed by atoms with E-state index in [2.05, 4.69) is 45.5 Å². The van der Waals surface area contributed by atoms with Gasteiger partial charge in [-0.2, -0.15) is 21.4 Å². The summed E-state index contributed by atoms with van der Waals surface area (Å²) < 4.78 is 99.6. The molecule has 0 radical (unpaired) electrons. The summed E-state index contributed by atoms with van der Waals surface area (Å²) in [5.74, 6) is 0.539. The van der Waals surface area contributed by atoms with Gasteiger partial charge in [0.05, 0.1) is 78.3 Å². The highest BCUT2D eigenvalue weighted by Crippen LogP contribution is 2.51. The van der Waals surface area contributed by atoms with E-state index in [-0.39, 0.29) is 48.0 Å². The van der Waals surface area contributed by atoms with E-state index in [1.54, 1.807) is 26.1 Å². The number of likely N-dealkylation sites (N-methyl/N-ethyl adjacent to an activating group) is 2. The molecule has 6 rings (SSSR count). The molecule has 0 saturated heterocycles. The molecule has 21 nitrogen and oxygen atoms in total. The van der Waals surface area contributed by atoms with Gasteiger partial charge in [0.15, 0.2) is 5.71 Å². The van der Waals surface area contributed by atoms with E-state index >= 15 is 0 Å². The summed E-state index contributed by atoms with van der Waals surface area (Å²) in [6.45, 7) is 14.2. The summed E-state index contributed by atoms with van der Waals surface area (Å²) in [4.78, 5) is 30.7. The minimum atomic E-state index is -4.57. The Morgan fingerprint density at radius 3 is 2.09 bits per heavy atom. The number of benzene rings is 3. The van der Waals surface area contributed by atoms with Gasteiger partial charge in [-0.1, -0.05) is 25.0 Å². The van der Waals surface area contributed by atoms with Crippen molar-refractivity contribution in [3.8, 4) is 5.75 Å². The van der Waals surface area contributed by atoms with Crippen LogP contribution < -0.4 is 25.8 Å². The van der Waals surface area contributed by atoms with Crippen LogP contribution in [0, 0.1) is 13.8 Å². The average molecular weight is 1160 g/mol. The number of hydrogen-bond donors (Lipinski definition) is 6. The molecule has 24 heteroatoms. The number of hydroxylamine groups is 1. The van der Waals surface area contributed by atoms with Gasteiger partial charge in [0.1, 0.15) is 24.6 Å². The van der Waals surface area contributed by atoms with Crippen molar-refractivity contribution >= 4 is 61.2 Å². The molecule has 1 aliphatic carbocycles. The van der Waals surface area contributed by atoms with E-state index in [1.165, 1.54) is 36.4 Å². The van der Waals surface area contributed by atoms with Gasteiger partial charge in [0.25, 0.3) is 20.2 Å². The highest BCUT2D eigenvalue weighted by atomic mass is 32.2. The van der Waals surface area contributed by atoms with Gasteiger partial charge in [-0.3, -0.25) is 23.5 Å². The molecular formula is C55H74N5O16S3+. The van der Waals surface area contributed by atoms with E-state index < -0.39 is 37.1 Å². The molecule has 3 aromatic rings. The Kier molecular flexibility index (Phi) is 22.2. The predicted octanol–water partition coefficient (Wildman–Crippen LogP) is 7.51. The number of allylic oxidation sites excluding steroid dienone is 7. The molecule has 2 amide bonds. The number of amides is 2. The minimum absolute atomic E-state index is 0.106. The standard InChI is InChI=1S/C55H73N5O16S3/c1-36-31-41(77-76-75-63)33-44-50(36)59(9)47(54(44,3)4)22-16-38-13-12-14-39(52(38)74-40-18-20-42(21-19-40)78(64,65)66)17-23-48-55(5,6)45-34-43(79(67,68)69)32-37(2)51(45)60(48)73-30-29-72-28-27-71-26-25-70-24-11-10-15-49(61)58-35-46(56-7)53(62)57-8/h16-23,31-34,46,56H,10-15,24-30,35H2,1-9H3,(H4-,57,58,61,62,63,64,65,66,67,68,69)/p+1. The highest BCUT2D eigenvalue weighted by molar-refractivity contribution is 7.94. The zero-order valence-corrected chi connectivity index (χ0v) is 48.6. The molecule has 3 aromatic carbocycles. The number of aryl methyl sites for hydroxylation is 2. The molecule has 1 atom stereocenters. The SMILES string of the molecule is CNC(=O)C(CNC(=O)CCCCOCCOCCOCCON1/C(=C/C=C2\CCCC(/C=C/C3=[N+](C)c4c(C)cc(SOOO)cc4C3(C)C)=C2Oc2ccc(S(=O)(=O)O)cc2)C(C)(C)c2cc(S(=O)(=O)O)cc(C)c21)NC. The van der Waals surface area contributed by atoms with Crippen LogP contribution in [0.4, 0.5) is 11.4 Å². The van der Waals surface area contributed by atoms with Crippen molar-refractivity contribution < 1.29 is 78.5 Å². The third-order valence-corrected chi connectivity index (χ3v) is 16.3. The van der Waals surface area contributed by atoms with Crippen molar-refractivity contribution in [2.75, 3.05) is 79.0 Å². The Hall–Kier alpha value is -5.32. The van der Waals surface area contributed by atoms with Crippen LogP contribution in [0.15, 0.2) is 110 Å². The Morgan fingerprint density at radius 1 is 0.797 bits per heavy atom. The van der Waals surface area contributed by atoms with Gasteiger partial charge in [-0.05, 0) is 150 Å². The van der Waals surface area contributed by atoms with Gasteiger partial charge in [0, 0.05) is 54.1 Å². The zero-order valence-electron chi connectivity index (χ0n) is 46.2. The number of hydrogen-bond acceptors (Lipinski definition) is 17. The topological polar surface area (TPSA) is 270 Å². The lowest BCUT2D eigenvalue weighted by molar-refractivity contribution is -0.432. The minimum Gasteiger partial charge on any atom is -0.457 e. The fourth-order valence-corrected chi connectivity index (χ4v) is 11.4. The zero-order chi connectivity index (χ0) is 57.7. The Labute approximate surface area is 467 Å². The van der Waals surface area contributed by atoms with E-state index in [1.807, 2.05) is 58.2 Å². The number of unbranched alkanes of at least 4 members (excludes halogenated alkanes) is 1. The fraction of sp³-hybridized carbons (Fsp3) is 0.473. The maximum Gasteiger partial charge on any atom is 0.294 e. The molecule has 432 valence electrons. The van der Waals surface area contributed by atoms with Crippen molar-refractivity contribution in [2.24, 2.45) is 0 Å². The number of ether oxygens (including phenoxy) is 4. The van der Waals surface area contributed by atoms with Crippen LogP contribution in [0.3, 0.4) is 0 Å². The van der Waals surface area contributed by atoms with Crippen LogP contribution in [0.5, 0.6) is 5.75 Å². The van der Waals surface area contributed by atoms with Gasteiger partial charge in [-0.25, -0.2) is 10.3 Å². The Morgan fingerprint density at radius 2 is 1.46 bits per heavy atom. The molecule has 0 bridgehead atoms. The van der Waals surface area contributed by atoms with Gasteiger partial charge in [-0.15, -0.1) is 4.33 Å². The second-order valence-corrected chi connectivity index (χ2v) is 23.8. The first kappa shape index (κ1) is 62.9. The van der Waals surface area contributed by atoms with Crippen molar-refractivity contribution in [1.29, 1.82) is 0 Å². The smallest absolute Gasteiger partial charge is 0.294 e. The molecule has 3 aliphatic rings. The number of fused-ring (bicyclic) bond motifs is 2. The van der Waals surface area contributed by atoms with E-state index in [9.17, 15) is 35.5 Å². The maximum atomic E-state index is 12.5. The van der Waals surface area contributed by atoms with Crippen LogP contribution in [-0.2, 0) is 69.1 Å². The third-order valence-electron chi connectivity index (χ3n) is 14.0. The lowest BCUT2D eigenvalue weighted by Crippen LogP contribution is -2.48. The van der Waals surface area contributed by atoms with Crippen LogP contribution in [-0.4, -0.2) is 133 Å². The first-order valence-electron chi connectivity index (χ1n) is 25.9. The first-order valence-corrected chi connectivity index (χ1v) is 29.5. The quantitative estimate of drug-likeness (QED) is 0.00980. The number of rotatable bonds is 29. The second kappa shape index (κ2) is 27.9. The molecule has 0 saturated carbocycles. The summed E-state index contributed by atoms with van der Waals surface area (Å²) in [6.07, 6.45) is 11.6. The van der Waals surface area contributed by atoms with Crippen molar-refractivity contribution in [3.05, 3.63) is 118 Å². The van der Waals surface area contributed by atoms with Gasteiger partial charge >= 0.3 is 0 Å². The number of nitrogens with one attached hydrogen (secondary N) is 3. The number of carbonyl (C=O) groups is 2.